The van der Waals surface area contributed by atoms with Gasteiger partial charge in [0.2, 0.25) is 0 Å². The van der Waals surface area contributed by atoms with E-state index in [1.165, 1.54) is 0 Å². The zero-order valence-corrected chi connectivity index (χ0v) is 18.1. The Bertz CT molecular complexity index is 1410. The van der Waals surface area contributed by atoms with Gasteiger partial charge in [-0.25, -0.2) is 4.98 Å². The van der Waals surface area contributed by atoms with E-state index in [1.807, 2.05) is 66.7 Å². The maximum absolute atomic E-state index is 13.0. The van der Waals surface area contributed by atoms with E-state index in [0.717, 1.165) is 31.8 Å². The number of hydrogen-bond donors (Lipinski definition) is 2. The van der Waals surface area contributed by atoms with Crippen LogP contribution in [0.15, 0.2) is 95.5 Å². The molecular formula is C26H18BrN3O. The summed E-state index contributed by atoms with van der Waals surface area (Å²) in [4.78, 5) is 21.1. The number of H-pyrrole nitrogens is 1. The summed E-state index contributed by atoms with van der Waals surface area (Å²) in [6.07, 6.45) is 1.97. The number of nitrogens with zero attached hydrogens (tertiary/aromatic N) is 1. The standard InChI is InChI=1S/C26H18BrN3O/c27-20-11-6-10-19(15-20)26(31)30-24(25-28-22-13-3-4-14-23(22)29-25)16-18-9-5-8-17-7-1-2-12-21(17)18/h1-16H,(H,28,29)(H,30,31)/b24-16+. The quantitative estimate of drug-likeness (QED) is 0.320. The van der Waals surface area contributed by atoms with Gasteiger partial charge in [-0.1, -0.05) is 76.6 Å². The van der Waals surface area contributed by atoms with Gasteiger partial charge in [0.05, 0.1) is 16.7 Å². The maximum atomic E-state index is 13.0. The Morgan fingerprint density at radius 3 is 2.55 bits per heavy atom. The summed E-state index contributed by atoms with van der Waals surface area (Å²) in [5, 5.41) is 5.30. The molecule has 0 spiro atoms. The predicted octanol–water partition coefficient (Wildman–Crippen LogP) is 6.41. The second-order valence-corrected chi connectivity index (χ2v) is 8.11. The van der Waals surface area contributed by atoms with Gasteiger partial charge in [0.25, 0.3) is 5.91 Å². The van der Waals surface area contributed by atoms with Crippen LogP contribution in [0, 0.1) is 0 Å². The third kappa shape index (κ3) is 4.00. The molecule has 5 aromatic rings. The summed E-state index contributed by atoms with van der Waals surface area (Å²) in [6.45, 7) is 0. The van der Waals surface area contributed by atoms with Crippen LogP contribution >= 0.6 is 15.9 Å². The third-order valence-electron chi connectivity index (χ3n) is 5.10. The van der Waals surface area contributed by atoms with Crippen molar-refractivity contribution in [3.05, 3.63) is 112 Å². The molecule has 2 N–H and O–H groups in total. The Hall–Kier alpha value is -3.70. The molecule has 1 aromatic heterocycles. The van der Waals surface area contributed by atoms with Gasteiger partial charge in [0.15, 0.2) is 5.82 Å². The van der Waals surface area contributed by atoms with E-state index in [0.29, 0.717) is 17.1 Å². The highest BCUT2D eigenvalue weighted by molar-refractivity contribution is 9.10. The number of aromatic nitrogens is 2. The van der Waals surface area contributed by atoms with Gasteiger partial charge in [0.1, 0.15) is 0 Å². The normalized spacial score (nSPS) is 11.7. The lowest BCUT2D eigenvalue weighted by molar-refractivity contribution is 0.0973. The van der Waals surface area contributed by atoms with E-state index in [-0.39, 0.29) is 5.91 Å². The largest absolute Gasteiger partial charge is 0.337 e. The molecule has 4 nitrogen and oxygen atoms in total. The molecule has 0 atom stereocenters. The van der Waals surface area contributed by atoms with Gasteiger partial charge >= 0.3 is 0 Å². The van der Waals surface area contributed by atoms with Crippen LogP contribution in [0.4, 0.5) is 0 Å². The van der Waals surface area contributed by atoms with Gasteiger partial charge in [-0.2, -0.15) is 0 Å². The average molecular weight is 468 g/mol. The molecule has 1 amide bonds. The van der Waals surface area contributed by atoms with Crippen molar-refractivity contribution in [1.82, 2.24) is 15.3 Å². The average Bonchev–Trinajstić information content (AvgIpc) is 3.23. The van der Waals surface area contributed by atoms with E-state index < -0.39 is 0 Å². The SMILES string of the molecule is O=C(N/C(=C/c1cccc2ccccc12)c1nc2ccccc2[nH]1)c1cccc(Br)c1. The second kappa shape index (κ2) is 8.20. The first-order chi connectivity index (χ1) is 15.2. The van der Waals surface area contributed by atoms with Crippen LogP contribution in [0.3, 0.4) is 0 Å². The van der Waals surface area contributed by atoms with Gasteiger partial charge in [0, 0.05) is 10.0 Å². The first-order valence-electron chi connectivity index (χ1n) is 9.89. The van der Waals surface area contributed by atoms with E-state index in [2.05, 4.69) is 44.4 Å². The minimum Gasteiger partial charge on any atom is -0.337 e. The number of aromatic amines is 1. The summed E-state index contributed by atoms with van der Waals surface area (Å²) >= 11 is 3.43. The molecule has 0 unspecified atom stereocenters. The molecule has 5 heteroatoms. The van der Waals surface area contributed by atoms with Crippen molar-refractivity contribution in [3.8, 4) is 0 Å². The van der Waals surface area contributed by atoms with Gasteiger partial charge in [-0.05, 0) is 52.7 Å². The third-order valence-corrected chi connectivity index (χ3v) is 5.60. The molecule has 150 valence electrons. The van der Waals surface area contributed by atoms with Crippen molar-refractivity contribution in [3.63, 3.8) is 0 Å². The van der Waals surface area contributed by atoms with E-state index in [9.17, 15) is 4.79 Å². The Balaban J connectivity index is 1.63. The topological polar surface area (TPSA) is 57.8 Å². The number of nitrogens with one attached hydrogen (secondary N) is 2. The van der Waals surface area contributed by atoms with Crippen LogP contribution in [0.25, 0.3) is 33.6 Å². The molecule has 0 aliphatic rings. The van der Waals surface area contributed by atoms with Crippen LogP contribution in [0.5, 0.6) is 0 Å². The van der Waals surface area contributed by atoms with Gasteiger partial charge in [-0.15, -0.1) is 0 Å². The second-order valence-electron chi connectivity index (χ2n) is 7.19. The number of hydrogen-bond acceptors (Lipinski definition) is 2. The van der Waals surface area contributed by atoms with Crippen LogP contribution in [0.1, 0.15) is 21.7 Å². The maximum Gasteiger partial charge on any atom is 0.255 e. The van der Waals surface area contributed by atoms with E-state index >= 15 is 0 Å². The summed E-state index contributed by atoms with van der Waals surface area (Å²) in [5.41, 5.74) is 3.94. The molecule has 0 fully saturated rings. The number of para-hydroxylation sites is 2. The molecule has 0 aliphatic heterocycles. The van der Waals surface area contributed by atoms with Crippen LogP contribution in [-0.2, 0) is 0 Å². The van der Waals surface area contributed by atoms with Crippen molar-refractivity contribution < 1.29 is 4.79 Å². The van der Waals surface area contributed by atoms with Crippen molar-refractivity contribution in [2.45, 2.75) is 0 Å². The number of fused-ring (bicyclic) bond motifs is 2. The lowest BCUT2D eigenvalue weighted by Gasteiger charge is -2.10. The Morgan fingerprint density at radius 2 is 1.68 bits per heavy atom. The fourth-order valence-corrected chi connectivity index (χ4v) is 4.00. The molecule has 0 aliphatic carbocycles. The fraction of sp³-hybridized carbons (Fsp3) is 0. The number of carbonyl (C=O) groups excluding carboxylic acids is 1. The number of halogens is 1. The van der Waals surface area contributed by atoms with E-state index in [1.54, 1.807) is 12.1 Å². The Labute approximate surface area is 187 Å². The number of amides is 1. The summed E-state index contributed by atoms with van der Waals surface area (Å²) in [5.74, 6) is 0.408. The molecule has 5 rings (SSSR count). The minimum absolute atomic E-state index is 0.201. The minimum atomic E-state index is -0.201. The Kier molecular flexibility index (Phi) is 5.10. The molecule has 4 aromatic carbocycles. The van der Waals surface area contributed by atoms with Crippen molar-refractivity contribution in [1.29, 1.82) is 0 Å². The monoisotopic (exact) mass is 467 g/mol. The highest BCUT2D eigenvalue weighted by atomic mass is 79.9. The van der Waals surface area contributed by atoms with Crippen molar-refractivity contribution in [2.24, 2.45) is 0 Å². The van der Waals surface area contributed by atoms with Crippen molar-refractivity contribution in [2.75, 3.05) is 0 Å². The summed E-state index contributed by atoms with van der Waals surface area (Å²) < 4.78 is 0.850. The van der Waals surface area contributed by atoms with Gasteiger partial charge < -0.3 is 10.3 Å². The molecule has 0 bridgehead atoms. The number of imidazole rings is 1. The highest BCUT2D eigenvalue weighted by Gasteiger charge is 2.14. The number of rotatable bonds is 4. The summed E-state index contributed by atoms with van der Waals surface area (Å²) in [7, 11) is 0. The van der Waals surface area contributed by atoms with Crippen LogP contribution in [0.2, 0.25) is 0 Å². The summed E-state index contributed by atoms with van der Waals surface area (Å²) in [6, 6.07) is 29.4. The predicted molar refractivity (Wildman–Crippen MR) is 130 cm³/mol. The van der Waals surface area contributed by atoms with Gasteiger partial charge in [-0.3, -0.25) is 4.79 Å². The van der Waals surface area contributed by atoms with Crippen molar-refractivity contribution >= 4 is 55.4 Å². The number of benzene rings is 4. The molecular weight excluding hydrogens is 450 g/mol. The van der Waals surface area contributed by atoms with Crippen LogP contribution in [-0.4, -0.2) is 15.9 Å². The first-order valence-corrected chi connectivity index (χ1v) is 10.7. The smallest absolute Gasteiger partial charge is 0.255 e. The Morgan fingerprint density at radius 1 is 0.903 bits per heavy atom. The zero-order valence-electron chi connectivity index (χ0n) is 16.5. The fourth-order valence-electron chi connectivity index (χ4n) is 3.60. The molecule has 1 heterocycles. The molecule has 31 heavy (non-hydrogen) atoms. The lowest BCUT2D eigenvalue weighted by Crippen LogP contribution is -2.22. The van der Waals surface area contributed by atoms with Crippen LogP contribution < -0.4 is 5.32 Å². The lowest BCUT2D eigenvalue weighted by atomic mass is 10.0. The number of carbonyl (C=O) groups is 1. The van der Waals surface area contributed by atoms with E-state index in [4.69, 9.17) is 4.98 Å². The highest BCUT2D eigenvalue weighted by Crippen LogP contribution is 2.24. The molecule has 0 saturated carbocycles. The molecule has 0 saturated heterocycles. The first kappa shape index (κ1) is 19.3. The zero-order chi connectivity index (χ0) is 21.2. The molecule has 0 radical (unpaired) electrons.